The summed E-state index contributed by atoms with van der Waals surface area (Å²) in [6, 6.07) is 5.34. The average Bonchev–Trinajstić information content (AvgIpc) is 3.40. The van der Waals surface area contributed by atoms with Gasteiger partial charge in [0.2, 0.25) is 0 Å². The maximum atomic E-state index is 15.4. The van der Waals surface area contributed by atoms with Gasteiger partial charge in [-0.3, -0.25) is 14.7 Å². The quantitative estimate of drug-likeness (QED) is 0.544. The average molecular weight is 472 g/mol. The Morgan fingerprint density at radius 2 is 1.88 bits per heavy atom. The van der Waals surface area contributed by atoms with Crippen LogP contribution in [0.4, 0.5) is 23.2 Å². The molecule has 0 aliphatic carbocycles. The van der Waals surface area contributed by atoms with Gasteiger partial charge in [0.1, 0.15) is 11.6 Å². The highest BCUT2D eigenvalue weighted by atomic mass is 19.3. The normalized spacial score (nSPS) is 19.1. The molecule has 2 bridgehead atoms. The number of amides is 2. The second-order valence-corrected chi connectivity index (χ2v) is 8.65. The molecule has 34 heavy (non-hydrogen) atoms. The van der Waals surface area contributed by atoms with E-state index >= 15 is 8.78 Å². The Kier molecular flexibility index (Phi) is 5.18. The maximum Gasteiger partial charge on any atom is 0.352 e. The van der Waals surface area contributed by atoms with Crippen LogP contribution in [-0.2, 0) is 17.1 Å². The zero-order valence-electron chi connectivity index (χ0n) is 18.0. The third kappa shape index (κ3) is 3.53. The number of alkyl halides is 2. The van der Waals surface area contributed by atoms with Crippen LogP contribution in [0.3, 0.4) is 0 Å². The summed E-state index contributed by atoms with van der Waals surface area (Å²) in [5, 5.41) is 9.26. The van der Waals surface area contributed by atoms with E-state index in [9.17, 15) is 18.4 Å². The fourth-order valence-electron chi connectivity index (χ4n) is 4.81. The molecule has 1 saturated heterocycles. The highest BCUT2D eigenvalue weighted by Crippen LogP contribution is 2.46. The standard InChI is InChI=1S/C24H20F4N4O2/c1-12-8-14(3-6-18(12)25)30-22(33)13-2-5-19(26)17(9-13)24(27,28)23(34)32-15-4-7-21(32)16-11-29-31-20(16)10-15/h2-3,5-6,8-9,11,15,21H,4,7,10H2,1H3,(H,29,31)(H,30,33). The number of benzene rings is 2. The van der Waals surface area contributed by atoms with Gasteiger partial charge in [0.05, 0.1) is 17.8 Å². The van der Waals surface area contributed by atoms with Crippen LogP contribution in [0.15, 0.2) is 42.6 Å². The predicted octanol–water partition coefficient (Wildman–Crippen LogP) is 4.63. The van der Waals surface area contributed by atoms with Crippen LogP contribution < -0.4 is 5.32 Å². The van der Waals surface area contributed by atoms with E-state index in [4.69, 9.17) is 0 Å². The molecule has 0 radical (unpaired) electrons. The maximum absolute atomic E-state index is 15.4. The molecule has 2 atom stereocenters. The van der Waals surface area contributed by atoms with Gasteiger partial charge in [-0.1, -0.05) is 0 Å². The lowest BCUT2D eigenvalue weighted by molar-refractivity contribution is -0.163. The Labute approximate surface area is 192 Å². The molecule has 0 saturated carbocycles. The summed E-state index contributed by atoms with van der Waals surface area (Å²) >= 11 is 0. The molecule has 1 aromatic heterocycles. The predicted molar refractivity (Wildman–Crippen MR) is 114 cm³/mol. The molecule has 0 spiro atoms. The van der Waals surface area contributed by atoms with Crippen molar-refractivity contribution < 1.29 is 27.2 Å². The number of H-pyrrole nitrogens is 1. The summed E-state index contributed by atoms with van der Waals surface area (Å²) in [5.41, 5.74) is 0.620. The molecule has 2 aliphatic rings. The number of fused-ring (bicyclic) bond motifs is 4. The van der Waals surface area contributed by atoms with Gasteiger partial charge in [0.25, 0.3) is 11.8 Å². The fourth-order valence-corrected chi connectivity index (χ4v) is 4.81. The van der Waals surface area contributed by atoms with E-state index in [2.05, 4.69) is 15.5 Å². The molecule has 2 N–H and O–H groups in total. The van der Waals surface area contributed by atoms with Crippen molar-refractivity contribution >= 4 is 17.5 Å². The number of aryl methyl sites for hydroxylation is 1. The summed E-state index contributed by atoms with van der Waals surface area (Å²) in [6.07, 6.45) is 2.97. The van der Waals surface area contributed by atoms with Crippen LogP contribution >= 0.6 is 0 Å². The zero-order valence-corrected chi connectivity index (χ0v) is 18.0. The first-order valence-electron chi connectivity index (χ1n) is 10.8. The summed E-state index contributed by atoms with van der Waals surface area (Å²) < 4.78 is 58.8. The molecule has 2 amide bonds. The lowest BCUT2D eigenvalue weighted by Gasteiger charge is -2.36. The van der Waals surface area contributed by atoms with Crippen molar-refractivity contribution in [3.05, 3.63) is 82.2 Å². The first-order chi connectivity index (χ1) is 16.2. The van der Waals surface area contributed by atoms with E-state index in [-0.39, 0.29) is 16.8 Å². The molecule has 2 aliphatic heterocycles. The van der Waals surface area contributed by atoms with E-state index in [1.807, 2.05) is 0 Å². The molecule has 1 fully saturated rings. The van der Waals surface area contributed by atoms with Gasteiger partial charge in [-0.2, -0.15) is 13.9 Å². The molecule has 10 heteroatoms. The minimum Gasteiger partial charge on any atom is -0.327 e. The monoisotopic (exact) mass is 472 g/mol. The number of nitrogens with zero attached hydrogens (tertiary/aromatic N) is 2. The summed E-state index contributed by atoms with van der Waals surface area (Å²) in [4.78, 5) is 26.8. The molecular formula is C24H20F4N4O2. The SMILES string of the molecule is Cc1cc(NC(=O)c2ccc(F)c(C(F)(F)C(=O)N3C4CCC3c3cn[nH]c3C4)c2)ccc1F. The number of rotatable bonds is 4. The smallest absolute Gasteiger partial charge is 0.327 e. The van der Waals surface area contributed by atoms with E-state index in [0.29, 0.717) is 30.9 Å². The Morgan fingerprint density at radius 1 is 1.12 bits per heavy atom. The Morgan fingerprint density at radius 3 is 2.65 bits per heavy atom. The van der Waals surface area contributed by atoms with E-state index in [1.165, 1.54) is 25.3 Å². The van der Waals surface area contributed by atoms with Gasteiger partial charge in [0, 0.05) is 35.0 Å². The number of aromatic nitrogens is 2. The van der Waals surface area contributed by atoms with E-state index in [1.54, 1.807) is 0 Å². The number of hydrogen-bond donors (Lipinski definition) is 2. The van der Waals surface area contributed by atoms with Crippen molar-refractivity contribution in [2.45, 2.75) is 44.2 Å². The summed E-state index contributed by atoms with van der Waals surface area (Å²) in [5.74, 6) is -8.24. The fraction of sp³-hybridized carbons (Fsp3) is 0.292. The third-order valence-electron chi connectivity index (χ3n) is 6.54. The highest BCUT2D eigenvalue weighted by molar-refractivity contribution is 6.04. The minimum atomic E-state index is -4.19. The number of halogens is 4. The van der Waals surface area contributed by atoms with Crippen molar-refractivity contribution in [2.24, 2.45) is 0 Å². The van der Waals surface area contributed by atoms with Crippen molar-refractivity contribution in [3.8, 4) is 0 Å². The zero-order chi connectivity index (χ0) is 24.2. The van der Waals surface area contributed by atoms with E-state index < -0.39 is 47.0 Å². The molecule has 2 unspecified atom stereocenters. The Balaban J connectivity index is 1.43. The number of anilines is 1. The number of aromatic amines is 1. The van der Waals surface area contributed by atoms with Crippen LogP contribution in [0, 0.1) is 18.6 Å². The first-order valence-corrected chi connectivity index (χ1v) is 10.8. The summed E-state index contributed by atoms with van der Waals surface area (Å²) in [7, 11) is 0. The lowest BCUT2D eigenvalue weighted by Crippen LogP contribution is -2.48. The number of nitrogens with one attached hydrogen (secondary N) is 2. The molecule has 2 aromatic carbocycles. The van der Waals surface area contributed by atoms with Crippen LogP contribution in [0.5, 0.6) is 0 Å². The van der Waals surface area contributed by atoms with Crippen molar-refractivity contribution in [3.63, 3.8) is 0 Å². The molecule has 5 rings (SSSR count). The van der Waals surface area contributed by atoms with Gasteiger partial charge in [-0.05, 0) is 61.7 Å². The third-order valence-corrected chi connectivity index (χ3v) is 6.54. The molecular weight excluding hydrogens is 452 g/mol. The van der Waals surface area contributed by atoms with Crippen LogP contribution in [0.25, 0.3) is 0 Å². The van der Waals surface area contributed by atoms with Gasteiger partial charge < -0.3 is 10.2 Å². The van der Waals surface area contributed by atoms with Gasteiger partial charge in [0.15, 0.2) is 0 Å². The van der Waals surface area contributed by atoms with Gasteiger partial charge >= 0.3 is 5.92 Å². The number of hydrogen-bond acceptors (Lipinski definition) is 3. The van der Waals surface area contributed by atoms with Crippen LogP contribution in [0.2, 0.25) is 0 Å². The van der Waals surface area contributed by atoms with Gasteiger partial charge in [-0.25, -0.2) is 8.78 Å². The van der Waals surface area contributed by atoms with Crippen LogP contribution in [-0.4, -0.2) is 33.0 Å². The Hall–Kier alpha value is -3.69. The molecule has 3 aromatic rings. The Bertz CT molecular complexity index is 1310. The lowest BCUT2D eigenvalue weighted by atomic mass is 9.97. The van der Waals surface area contributed by atoms with Crippen molar-refractivity contribution in [2.75, 3.05) is 5.32 Å². The van der Waals surface area contributed by atoms with E-state index in [0.717, 1.165) is 28.8 Å². The van der Waals surface area contributed by atoms with Crippen molar-refractivity contribution in [1.82, 2.24) is 15.1 Å². The highest BCUT2D eigenvalue weighted by Gasteiger charge is 2.53. The van der Waals surface area contributed by atoms with Crippen LogP contribution in [0.1, 0.15) is 51.6 Å². The second kappa shape index (κ2) is 7.96. The number of carbonyl (C=O) groups excluding carboxylic acids is 2. The number of carbonyl (C=O) groups is 2. The largest absolute Gasteiger partial charge is 0.352 e. The minimum absolute atomic E-state index is 0.249. The van der Waals surface area contributed by atoms with Crippen molar-refractivity contribution in [1.29, 1.82) is 0 Å². The van der Waals surface area contributed by atoms with Gasteiger partial charge in [-0.15, -0.1) is 0 Å². The molecule has 176 valence electrons. The second-order valence-electron chi connectivity index (χ2n) is 8.65. The molecule has 6 nitrogen and oxygen atoms in total. The molecule has 3 heterocycles. The topological polar surface area (TPSA) is 78.1 Å². The summed E-state index contributed by atoms with van der Waals surface area (Å²) in [6.45, 7) is 1.51. The first kappa shape index (κ1) is 22.1.